The van der Waals surface area contributed by atoms with Crippen molar-refractivity contribution in [2.45, 2.75) is 18.2 Å². The predicted molar refractivity (Wildman–Crippen MR) is 79.5 cm³/mol. The fraction of sp³-hybridized carbons (Fsp3) is 0.500. The van der Waals surface area contributed by atoms with Crippen LogP contribution in [-0.2, 0) is 10.0 Å². The van der Waals surface area contributed by atoms with E-state index in [4.69, 9.17) is 0 Å². The van der Waals surface area contributed by atoms with Crippen LogP contribution >= 0.6 is 27.7 Å². The molecule has 1 aromatic rings. The molecule has 1 aliphatic heterocycles. The maximum absolute atomic E-state index is 12.2. The van der Waals surface area contributed by atoms with Gasteiger partial charge in [0.25, 0.3) is 0 Å². The zero-order valence-electron chi connectivity index (χ0n) is 10.1. The van der Waals surface area contributed by atoms with Gasteiger partial charge in [-0.15, -0.1) is 0 Å². The van der Waals surface area contributed by atoms with Crippen LogP contribution in [0, 0.1) is 12.8 Å². The molecule has 0 amide bonds. The Balaban J connectivity index is 2.09. The first-order chi connectivity index (χ1) is 8.49. The van der Waals surface area contributed by atoms with Crippen LogP contribution < -0.4 is 4.72 Å². The van der Waals surface area contributed by atoms with E-state index in [0.717, 1.165) is 23.5 Å². The summed E-state index contributed by atoms with van der Waals surface area (Å²) >= 11 is 5.20. The lowest BCUT2D eigenvalue weighted by molar-refractivity contribution is 0.545. The molecule has 2 rings (SSSR count). The highest BCUT2D eigenvalue weighted by Gasteiger charge is 2.21. The fourth-order valence-electron chi connectivity index (χ4n) is 1.87. The summed E-state index contributed by atoms with van der Waals surface area (Å²) in [7, 11) is -3.40. The van der Waals surface area contributed by atoms with Crippen molar-refractivity contribution >= 4 is 37.7 Å². The van der Waals surface area contributed by atoms with Crippen LogP contribution in [0.25, 0.3) is 0 Å². The Morgan fingerprint density at radius 1 is 1.50 bits per heavy atom. The fourth-order valence-corrected chi connectivity index (χ4v) is 5.46. The van der Waals surface area contributed by atoms with Gasteiger partial charge in [-0.25, -0.2) is 13.1 Å². The lowest BCUT2D eigenvalue weighted by Gasteiger charge is -2.12. The number of aryl methyl sites for hydroxylation is 1. The van der Waals surface area contributed by atoms with Crippen LogP contribution in [0.4, 0.5) is 0 Å². The second-order valence-corrected chi connectivity index (χ2v) is 8.25. The van der Waals surface area contributed by atoms with Gasteiger partial charge in [-0.05, 0) is 64.4 Å². The van der Waals surface area contributed by atoms with E-state index in [-0.39, 0.29) is 0 Å². The molecule has 6 heteroatoms. The van der Waals surface area contributed by atoms with Crippen molar-refractivity contribution in [3.05, 3.63) is 28.2 Å². The van der Waals surface area contributed by atoms with Crippen LogP contribution in [0.15, 0.2) is 27.6 Å². The Morgan fingerprint density at radius 2 is 2.28 bits per heavy atom. The van der Waals surface area contributed by atoms with Crippen LogP contribution in [0.2, 0.25) is 0 Å². The lowest BCUT2D eigenvalue weighted by Crippen LogP contribution is -2.29. The summed E-state index contributed by atoms with van der Waals surface area (Å²) in [6.07, 6.45) is 1.10. The second-order valence-electron chi connectivity index (χ2n) is 4.52. The molecule has 0 radical (unpaired) electrons. The molecule has 0 bridgehead atoms. The average molecular weight is 350 g/mol. The van der Waals surface area contributed by atoms with Crippen molar-refractivity contribution in [3.8, 4) is 0 Å². The standard InChI is InChI=1S/C12H16BrNO2S2/c1-9-2-3-12(11(13)6-9)18(15,16)14-7-10-4-5-17-8-10/h2-3,6,10,14H,4-5,7-8H2,1H3. The summed E-state index contributed by atoms with van der Waals surface area (Å²) in [5.41, 5.74) is 1.04. The Hall–Kier alpha value is -0.0400. The first kappa shape index (κ1) is 14.4. The molecule has 0 aromatic heterocycles. The molecule has 3 nitrogen and oxygen atoms in total. The van der Waals surface area contributed by atoms with Gasteiger partial charge in [-0.2, -0.15) is 11.8 Å². The van der Waals surface area contributed by atoms with E-state index >= 15 is 0 Å². The third-order valence-corrected chi connectivity index (χ3v) is 6.59. The van der Waals surface area contributed by atoms with Gasteiger partial charge >= 0.3 is 0 Å². The number of thioether (sulfide) groups is 1. The molecule has 1 fully saturated rings. The smallest absolute Gasteiger partial charge is 0.211 e. The molecule has 0 spiro atoms. The van der Waals surface area contributed by atoms with Gasteiger partial charge in [-0.3, -0.25) is 0 Å². The van der Waals surface area contributed by atoms with E-state index in [1.54, 1.807) is 6.07 Å². The molecule has 1 unspecified atom stereocenters. The molecule has 1 heterocycles. The first-order valence-electron chi connectivity index (χ1n) is 5.82. The Bertz CT molecular complexity index is 525. The molecule has 1 aliphatic rings. The maximum Gasteiger partial charge on any atom is 0.241 e. The number of hydrogen-bond donors (Lipinski definition) is 1. The van der Waals surface area contributed by atoms with Crippen LogP contribution in [0.1, 0.15) is 12.0 Å². The lowest BCUT2D eigenvalue weighted by atomic mass is 10.1. The summed E-state index contributed by atoms with van der Waals surface area (Å²) in [6.45, 7) is 2.47. The van der Waals surface area contributed by atoms with Crippen LogP contribution in [0.5, 0.6) is 0 Å². The molecule has 100 valence electrons. The number of nitrogens with one attached hydrogen (secondary N) is 1. The van der Waals surface area contributed by atoms with Gasteiger partial charge in [0.15, 0.2) is 0 Å². The summed E-state index contributed by atoms with van der Waals surface area (Å²) in [4.78, 5) is 0.318. The SMILES string of the molecule is Cc1ccc(S(=O)(=O)NCC2CCSC2)c(Br)c1. The third kappa shape index (κ3) is 3.50. The monoisotopic (exact) mass is 349 g/mol. The molecule has 1 aromatic carbocycles. The van der Waals surface area contributed by atoms with Crippen molar-refractivity contribution in [1.29, 1.82) is 0 Å². The Labute approximate surface area is 121 Å². The summed E-state index contributed by atoms with van der Waals surface area (Å²) < 4.78 is 27.7. The number of benzene rings is 1. The van der Waals surface area contributed by atoms with Crippen LogP contribution in [-0.4, -0.2) is 26.5 Å². The van der Waals surface area contributed by atoms with Crippen LogP contribution in [0.3, 0.4) is 0 Å². The predicted octanol–water partition coefficient (Wildman–Crippen LogP) is 2.79. The van der Waals surface area contributed by atoms with Gasteiger partial charge < -0.3 is 0 Å². The van der Waals surface area contributed by atoms with E-state index in [1.807, 2.05) is 30.8 Å². The molecular weight excluding hydrogens is 334 g/mol. The quantitative estimate of drug-likeness (QED) is 0.908. The molecule has 0 saturated carbocycles. The first-order valence-corrected chi connectivity index (χ1v) is 9.26. The minimum Gasteiger partial charge on any atom is -0.211 e. The van der Waals surface area contributed by atoms with Crippen molar-refractivity contribution in [2.24, 2.45) is 5.92 Å². The highest BCUT2D eigenvalue weighted by Crippen LogP contribution is 2.25. The molecule has 0 aliphatic carbocycles. The van der Waals surface area contributed by atoms with Gasteiger partial charge in [0.05, 0.1) is 4.90 Å². The molecule has 1 N–H and O–H groups in total. The van der Waals surface area contributed by atoms with E-state index in [1.165, 1.54) is 0 Å². The summed E-state index contributed by atoms with van der Waals surface area (Å²) in [5, 5.41) is 0. The molecule has 1 atom stereocenters. The highest BCUT2D eigenvalue weighted by molar-refractivity contribution is 9.10. The zero-order valence-corrected chi connectivity index (χ0v) is 13.4. The minimum atomic E-state index is -3.40. The summed E-state index contributed by atoms with van der Waals surface area (Å²) in [5.74, 6) is 2.66. The molecular formula is C12H16BrNO2S2. The second kappa shape index (κ2) is 5.94. The van der Waals surface area contributed by atoms with E-state index in [2.05, 4.69) is 20.7 Å². The number of sulfonamides is 1. The van der Waals surface area contributed by atoms with Gasteiger partial charge in [0.2, 0.25) is 10.0 Å². The number of halogens is 1. The normalized spacial score (nSPS) is 20.2. The minimum absolute atomic E-state index is 0.318. The molecule has 1 saturated heterocycles. The maximum atomic E-state index is 12.2. The van der Waals surface area contributed by atoms with Crippen molar-refractivity contribution in [2.75, 3.05) is 18.1 Å². The topological polar surface area (TPSA) is 46.2 Å². The Morgan fingerprint density at radius 3 is 2.89 bits per heavy atom. The van der Waals surface area contributed by atoms with E-state index < -0.39 is 10.0 Å². The van der Waals surface area contributed by atoms with Gasteiger partial charge in [0, 0.05) is 11.0 Å². The average Bonchev–Trinajstić information content (AvgIpc) is 2.78. The van der Waals surface area contributed by atoms with Crippen molar-refractivity contribution < 1.29 is 8.42 Å². The highest BCUT2D eigenvalue weighted by atomic mass is 79.9. The number of hydrogen-bond acceptors (Lipinski definition) is 3. The van der Waals surface area contributed by atoms with Gasteiger partial charge in [-0.1, -0.05) is 6.07 Å². The zero-order chi connectivity index (χ0) is 13.2. The van der Waals surface area contributed by atoms with Crippen molar-refractivity contribution in [1.82, 2.24) is 4.72 Å². The van der Waals surface area contributed by atoms with Crippen molar-refractivity contribution in [3.63, 3.8) is 0 Å². The largest absolute Gasteiger partial charge is 0.241 e. The van der Waals surface area contributed by atoms with Gasteiger partial charge in [0.1, 0.15) is 0 Å². The number of rotatable bonds is 4. The summed E-state index contributed by atoms with van der Waals surface area (Å²) in [6, 6.07) is 5.27. The Kier molecular flexibility index (Phi) is 4.75. The molecule has 18 heavy (non-hydrogen) atoms. The van der Waals surface area contributed by atoms with E-state index in [9.17, 15) is 8.42 Å². The third-order valence-electron chi connectivity index (χ3n) is 2.96. The van der Waals surface area contributed by atoms with E-state index in [0.29, 0.717) is 21.8 Å².